The lowest BCUT2D eigenvalue weighted by Crippen LogP contribution is -2.70. The van der Waals surface area contributed by atoms with Gasteiger partial charge >= 0.3 is 0 Å². The summed E-state index contributed by atoms with van der Waals surface area (Å²) < 4.78 is 2.57. The highest BCUT2D eigenvalue weighted by atomic mass is 15.4. The molecule has 9 atom stereocenters. The lowest BCUT2D eigenvalue weighted by molar-refractivity contribution is 0.135. The summed E-state index contributed by atoms with van der Waals surface area (Å²) in [4.78, 5) is 3.04. The molecule has 2 saturated carbocycles. The van der Waals surface area contributed by atoms with Gasteiger partial charge in [-0.1, -0.05) is 137 Å². The molecule has 0 radical (unpaired) electrons. The normalized spacial score (nSPS) is 33.8. The third-order valence-corrected chi connectivity index (χ3v) is 19.7. The standard InChI is InChI=1S/C64H70N6/c1-63(2)48-27-13-8-24-44(48)57-46(26-18-29-50(57)63)61-66-60(38-19-6-5-7-20-38)67-62(68-61)47-35-39(37-65)55(69-52-30-15-10-21-40(52)41-22-11-16-31-53(41)69)36-56(47)70-54-32-17-12-23-42(54)43-33-34-51-58(59(43)70)45-25-9-14-28-49(45)64(51,3)4/h5-6,8-9,13-16,19,25,27-31,33-35,42,44,51,54,56,58,60-62,66-68H,7,10-12,17-18,20-24,26,32,36H2,1-4H3. The smallest absolute Gasteiger partial charge is 0.101 e. The van der Waals surface area contributed by atoms with Gasteiger partial charge in [-0.3, -0.25) is 16.0 Å². The van der Waals surface area contributed by atoms with E-state index < -0.39 is 0 Å². The monoisotopic (exact) mass is 923 g/mol. The molecule has 356 valence electrons. The molecule has 1 saturated heterocycles. The molecule has 0 amide bonds. The zero-order valence-corrected chi connectivity index (χ0v) is 41.8. The van der Waals surface area contributed by atoms with Gasteiger partial charge in [0, 0.05) is 58.4 Å². The van der Waals surface area contributed by atoms with Crippen molar-refractivity contribution in [2.45, 2.75) is 160 Å². The van der Waals surface area contributed by atoms with Crippen LogP contribution in [0.3, 0.4) is 0 Å². The fourth-order valence-corrected chi connectivity index (χ4v) is 16.6. The van der Waals surface area contributed by atoms with Crippen molar-refractivity contribution in [1.82, 2.24) is 25.4 Å². The molecule has 3 heterocycles. The van der Waals surface area contributed by atoms with Gasteiger partial charge in [-0.25, -0.2) is 0 Å². The van der Waals surface area contributed by atoms with Crippen molar-refractivity contribution in [2.24, 2.45) is 23.2 Å². The van der Waals surface area contributed by atoms with Crippen LogP contribution in [0.5, 0.6) is 0 Å². The third-order valence-electron chi connectivity index (χ3n) is 19.7. The van der Waals surface area contributed by atoms with E-state index in [1.54, 1.807) is 28.0 Å². The maximum absolute atomic E-state index is 11.6. The molecule has 1 aromatic carbocycles. The first-order valence-electron chi connectivity index (χ1n) is 27.4. The Morgan fingerprint density at radius 2 is 1.53 bits per heavy atom. The van der Waals surface area contributed by atoms with Crippen LogP contribution in [-0.2, 0) is 18.3 Å². The van der Waals surface area contributed by atoms with E-state index in [4.69, 9.17) is 0 Å². The lowest BCUT2D eigenvalue weighted by atomic mass is 9.71. The van der Waals surface area contributed by atoms with Crippen LogP contribution in [0.4, 0.5) is 0 Å². The number of allylic oxidation sites excluding steroid dienone is 17. The van der Waals surface area contributed by atoms with Crippen molar-refractivity contribution in [2.75, 3.05) is 0 Å². The minimum Gasteiger partial charge on any atom is -0.363 e. The van der Waals surface area contributed by atoms with Crippen LogP contribution in [0.2, 0.25) is 0 Å². The Balaban J connectivity index is 0.970. The molecule has 2 aromatic rings. The molecule has 10 aliphatic carbocycles. The number of aromatic nitrogens is 1. The van der Waals surface area contributed by atoms with Crippen LogP contribution in [0.25, 0.3) is 17.8 Å². The number of rotatable bonds is 5. The van der Waals surface area contributed by atoms with Crippen LogP contribution < -0.4 is 16.0 Å². The van der Waals surface area contributed by atoms with Gasteiger partial charge in [0.15, 0.2) is 0 Å². The molecule has 14 rings (SSSR count). The molecule has 12 aliphatic rings. The first-order chi connectivity index (χ1) is 34.2. The molecule has 0 spiro atoms. The Kier molecular flexibility index (Phi) is 10.1. The van der Waals surface area contributed by atoms with Crippen molar-refractivity contribution in [3.63, 3.8) is 0 Å². The van der Waals surface area contributed by atoms with Crippen molar-refractivity contribution in [3.8, 4) is 6.07 Å². The van der Waals surface area contributed by atoms with Crippen LogP contribution in [0.15, 0.2) is 147 Å². The van der Waals surface area contributed by atoms with Gasteiger partial charge in [-0.2, -0.15) is 5.26 Å². The van der Waals surface area contributed by atoms with Gasteiger partial charge in [0.1, 0.15) is 6.07 Å². The Bertz CT molecular complexity index is 3020. The average molecular weight is 923 g/mol. The van der Waals surface area contributed by atoms with Crippen LogP contribution in [0.1, 0.15) is 144 Å². The summed E-state index contributed by atoms with van der Waals surface area (Å²) in [5, 5.41) is 24.6. The molecule has 1 aromatic heterocycles. The first-order valence-corrected chi connectivity index (χ1v) is 27.4. The molecule has 6 nitrogen and oxygen atoms in total. The number of benzene rings is 1. The number of hydrogen-bond acceptors (Lipinski definition) is 5. The molecule has 3 N–H and O–H groups in total. The van der Waals surface area contributed by atoms with Gasteiger partial charge in [0.25, 0.3) is 0 Å². The summed E-state index contributed by atoms with van der Waals surface area (Å²) in [6.45, 7) is 9.92. The molecule has 3 fully saturated rings. The van der Waals surface area contributed by atoms with Crippen LogP contribution >= 0.6 is 0 Å². The molecule has 0 bridgehead atoms. The van der Waals surface area contributed by atoms with Crippen molar-refractivity contribution in [3.05, 3.63) is 181 Å². The highest BCUT2D eigenvalue weighted by Crippen LogP contribution is 2.63. The highest BCUT2D eigenvalue weighted by Gasteiger charge is 2.56. The van der Waals surface area contributed by atoms with E-state index in [-0.39, 0.29) is 35.4 Å². The maximum Gasteiger partial charge on any atom is 0.101 e. The minimum atomic E-state index is -0.169. The van der Waals surface area contributed by atoms with Crippen LogP contribution in [-0.4, -0.2) is 40.0 Å². The molecular formula is C64H70N6. The van der Waals surface area contributed by atoms with E-state index in [2.05, 4.69) is 169 Å². The summed E-state index contributed by atoms with van der Waals surface area (Å²) in [5.74, 6) is 1.60. The lowest BCUT2D eigenvalue weighted by Gasteiger charge is -2.49. The van der Waals surface area contributed by atoms with E-state index >= 15 is 0 Å². The SMILES string of the molecule is CC1(C)C2=CCCC(C3NC(C4=CC=CCC4)NC(C4=CC(C#N)=C(n5c6c(c7c5C=CCC7)CCC=C6)CC4N4C5=C(C=CC6C5c5ccccc5C6(C)C)C5CCCCC54)N3)=C2C2CC=CC=C21. The van der Waals surface area contributed by atoms with E-state index in [9.17, 15) is 5.26 Å². The van der Waals surface area contributed by atoms with Crippen molar-refractivity contribution >= 4 is 17.8 Å². The summed E-state index contributed by atoms with van der Waals surface area (Å²) >= 11 is 0. The molecule has 70 heavy (non-hydrogen) atoms. The maximum atomic E-state index is 11.6. The fourth-order valence-electron chi connectivity index (χ4n) is 16.6. The summed E-state index contributed by atoms with van der Waals surface area (Å²) in [6.07, 6.45) is 48.9. The predicted octanol–water partition coefficient (Wildman–Crippen LogP) is 12.8. The second kappa shape index (κ2) is 16.3. The summed E-state index contributed by atoms with van der Waals surface area (Å²) in [5.41, 5.74) is 22.8. The fraction of sp³-hybridized carbons (Fsp3) is 0.453. The van der Waals surface area contributed by atoms with Gasteiger partial charge in [0.05, 0.1) is 30.1 Å². The Labute approximate surface area is 416 Å². The Morgan fingerprint density at radius 3 is 2.33 bits per heavy atom. The van der Waals surface area contributed by atoms with Crippen molar-refractivity contribution in [1.29, 1.82) is 5.26 Å². The van der Waals surface area contributed by atoms with E-state index in [0.717, 1.165) is 69.8 Å². The predicted molar refractivity (Wildman–Crippen MR) is 285 cm³/mol. The second-order valence-electron chi connectivity index (χ2n) is 23.7. The number of hydrogen-bond donors (Lipinski definition) is 3. The quantitative estimate of drug-likeness (QED) is 0.279. The Hall–Kier alpha value is -5.45. The topological polar surface area (TPSA) is 68.0 Å². The zero-order valence-electron chi connectivity index (χ0n) is 41.8. The van der Waals surface area contributed by atoms with Crippen LogP contribution in [0, 0.1) is 34.5 Å². The number of nitriles is 1. The average Bonchev–Trinajstić information content (AvgIpc) is 4.07. The van der Waals surface area contributed by atoms with Gasteiger partial charge in [-0.05, 0) is 156 Å². The largest absolute Gasteiger partial charge is 0.363 e. The zero-order chi connectivity index (χ0) is 47.0. The summed E-state index contributed by atoms with van der Waals surface area (Å²) in [7, 11) is 0. The number of fused-ring (bicyclic) bond motifs is 12. The highest BCUT2D eigenvalue weighted by molar-refractivity contribution is 5.77. The first kappa shape index (κ1) is 43.3. The molecule has 6 heteroatoms. The number of nitrogens with one attached hydrogen (secondary N) is 3. The molecular weight excluding hydrogens is 853 g/mol. The second-order valence-corrected chi connectivity index (χ2v) is 23.7. The summed E-state index contributed by atoms with van der Waals surface area (Å²) in [6, 6.07) is 12.8. The van der Waals surface area contributed by atoms with E-state index in [0.29, 0.717) is 29.7 Å². The Morgan fingerprint density at radius 1 is 0.771 bits per heavy atom. The minimum absolute atomic E-state index is 0.0113. The van der Waals surface area contributed by atoms with E-state index in [1.807, 2.05) is 0 Å². The number of nitrogens with zero attached hydrogens (tertiary/aromatic N) is 3. The van der Waals surface area contributed by atoms with Gasteiger partial charge in [0.2, 0.25) is 0 Å². The molecule has 9 unspecified atom stereocenters. The van der Waals surface area contributed by atoms with E-state index in [1.165, 1.54) is 81.7 Å². The van der Waals surface area contributed by atoms with Gasteiger partial charge in [-0.15, -0.1) is 0 Å². The van der Waals surface area contributed by atoms with Crippen molar-refractivity contribution < 1.29 is 0 Å². The third kappa shape index (κ3) is 6.26. The van der Waals surface area contributed by atoms with Gasteiger partial charge < -0.3 is 9.47 Å². The molecule has 2 aliphatic heterocycles.